The van der Waals surface area contributed by atoms with Crippen molar-refractivity contribution in [3.63, 3.8) is 0 Å². The lowest BCUT2D eigenvalue weighted by Gasteiger charge is -2.43. The van der Waals surface area contributed by atoms with Crippen LogP contribution in [-0.2, 0) is 30.3 Å². The fourth-order valence-corrected chi connectivity index (χ4v) is 4.60. The number of rotatable bonds is 10. The summed E-state index contributed by atoms with van der Waals surface area (Å²) in [4.78, 5) is 39.0. The molecule has 0 amide bonds. The molecule has 1 heterocycles. The summed E-state index contributed by atoms with van der Waals surface area (Å²) in [6, 6.07) is 34.1. The van der Waals surface area contributed by atoms with Gasteiger partial charge in [0.25, 0.3) is 0 Å². The van der Waals surface area contributed by atoms with Crippen molar-refractivity contribution >= 4 is 17.9 Å². The molecule has 220 valence electrons. The Morgan fingerprint density at radius 2 is 1.02 bits per heavy atom. The van der Waals surface area contributed by atoms with Crippen LogP contribution < -0.4 is 0 Å². The van der Waals surface area contributed by atoms with Crippen LogP contribution in [0.15, 0.2) is 121 Å². The predicted octanol–water partition coefficient (Wildman–Crippen LogP) is 4.60. The van der Waals surface area contributed by atoms with Crippen molar-refractivity contribution in [1.82, 2.24) is 0 Å². The topological polar surface area (TPSA) is 118 Å². The number of hydrogen-bond donors (Lipinski definition) is 1. The third kappa shape index (κ3) is 7.72. The number of carbonyl (C=O) groups is 3. The molecule has 4 aromatic carbocycles. The highest BCUT2D eigenvalue weighted by molar-refractivity contribution is 5.90. The molecular weight excluding hydrogens is 552 g/mol. The zero-order valence-electron chi connectivity index (χ0n) is 23.1. The van der Waals surface area contributed by atoms with E-state index in [1.54, 1.807) is 91.0 Å². The minimum Gasteiger partial charge on any atom is -0.459 e. The van der Waals surface area contributed by atoms with Crippen LogP contribution in [0, 0.1) is 0 Å². The fraction of sp³-hybridized carbons (Fsp3) is 0.206. The lowest BCUT2D eigenvalue weighted by molar-refractivity contribution is -0.294. The first-order valence-corrected chi connectivity index (χ1v) is 13.7. The monoisotopic (exact) mass is 582 g/mol. The Kier molecular flexibility index (Phi) is 9.91. The van der Waals surface area contributed by atoms with Crippen molar-refractivity contribution in [2.75, 3.05) is 6.61 Å². The first-order valence-electron chi connectivity index (χ1n) is 13.7. The van der Waals surface area contributed by atoms with Crippen LogP contribution in [0.3, 0.4) is 0 Å². The van der Waals surface area contributed by atoms with Gasteiger partial charge < -0.3 is 28.8 Å². The molecule has 0 aliphatic carbocycles. The molecule has 9 heteroatoms. The molecule has 5 rings (SSSR count). The molecule has 1 fully saturated rings. The quantitative estimate of drug-likeness (QED) is 0.212. The van der Waals surface area contributed by atoms with Crippen LogP contribution in [0.25, 0.3) is 0 Å². The average Bonchev–Trinajstić information content (AvgIpc) is 3.06. The normalized spacial score (nSPS) is 21.4. The highest BCUT2D eigenvalue weighted by Gasteiger charge is 2.51. The van der Waals surface area contributed by atoms with Crippen LogP contribution in [0.5, 0.6) is 0 Å². The number of hydrogen-bond acceptors (Lipinski definition) is 9. The molecule has 1 N–H and O–H groups in total. The number of ether oxygens (including phenoxy) is 5. The summed E-state index contributed by atoms with van der Waals surface area (Å²) in [5, 5.41) is 11.1. The summed E-state index contributed by atoms with van der Waals surface area (Å²) in [5.41, 5.74) is 1.60. The summed E-state index contributed by atoms with van der Waals surface area (Å²) in [5.74, 6) is -2.07. The third-order valence-corrected chi connectivity index (χ3v) is 6.79. The van der Waals surface area contributed by atoms with Crippen LogP contribution in [-0.4, -0.2) is 60.3 Å². The maximum absolute atomic E-state index is 13.3. The van der Waals surface area contributed by atoms with Gasteiger partial charge in [-0.25, -0.2) is 14.4 Å². The smallest absolute Gasteiger partial charge is 0.338 e. The van der Waals surface area contributed by atoms with E-state index in [1.807, 2.05) is 30.3 Å². The van der Waals surface area contributed by atoms with Gasteiger partial charge in [0.1, 0.15) is 18.8 Å². The Balaban J connectivity index is 1.44. The fourth-order valence-electron chi connectivity index (χ4n) is 4.60. The molecule has 0 aromatic heterocycles. The molecule has 4 aromatic rings. The highest BCUT2D eigenvalue weighted by Crippen LogP contribution is 2.30. The van der Waals surface area contributed by atoms with Crippen molar-refractivity contribution in [3.05, 3.63) is 144 Å². The molecule has 0 saturated carbocycles. The molecule has 0 bridgehead atoms. The van der Waals surface area contributed by atoms with Crippen molar-refractivity contribution in [3.8, 4) is 0 Å². The number of aliphatic hydroxyl groups excluding tert-OH is 1. The van der Waals surface area contributed by atoms with Gasteiger partial charge in [0.15, 0.2) is 18.5 Å². The summed E-state index contributed by atoms with van der Waals surface area (Å²) in [6.45, 7) is -0.352. The number of benzene rings is 4. The van der Waals surface area contributed by atoms with Gasteiger partial charge in [-0.1, -0.05) is 84.9 Å². The molecule has 1 aliphatic rings. The van der Waals surface area contributed by atoms with E-state index in [1.165, 1.54) is 0 Å². The second-order valence-electron chi connectivity index (χ2n) is 9.76. The van der Waals surface area contributed by atoms with Crippen molar-refractivity contribution in [2.45, 2.75) is 37.3 Å². The third-order valence-electron chi connectivity index (χ3n) is 6.79. The van der Waals surface area contributed by atoms with E-state index >= 15 is 0 Å². The van der Waals surface area contributed by atoms with Gasteiger partial charge in [0.2, 0.25) is 0 Å². The Morgan fingerprint density at radius 1 is 0.581 bits per heavy atom. The molecule has 9 nitrogen and oxygen atoms in total. The van der Waals surface area contributed by atoms with Crippen molar-refractivity contribution in [2.24, 2.45) is 0 Å². The van der Waals surface area contributed by atoms with Crippen LogP contribution in [0.2, 0.25) is 0 Å². The van der Waals surface area contributed by atoms with E-state index in [9.17, 15) is 19.5 Å². The average molecular weight is 583 g/mol. The first kappa shape index (κ1) is 29.7. The summed E-state index contributed by atoms with van der Waals surface area (Å²) in [6.07, 6.45) is -6.71. The van der Waals surface area contributed by atoms with Crippen LogP contribution >= 0.6 is 0 Å². The summed E-state index contributed by atoms with van der Waals surface area (Å²) in [7, 11) is 0. The lowest BCUT2D eigenvalue weighted by atomic mass is 9.97. The Bertz CT molecular complexity index is 1480. The molecule has 1 saturated heterocycles. The largest absolute Gasteiger partial charge is 0.459 e. The SMILES string of the molecule is O=C(OCC1O[C@@H](O)C(OC(=O)c2ccccc2)[C@H](OCc2ccccc2)[C@@H]1OC(=O)c1ccccc1)c1ccccc1. The maximum atomic E-state index is 13.3. The standard InChI is InChI=1S/C34H30O9/c35-31(24-15-7-2-8-16-24)40-22-27-28(42-32(36)25-17-9-3-10-18-25)29(39-21-23-13-5-1-6-14-23)30(34(38)41-27)43-33(37)26-19-11-4-12-20-26/h1-20,27-30,34,38H,21-22H2/t27?,28-,29-,30?,34-/m1/s1. The second kappa shape index (κ2) is 14.4. The van der Waals surface area contributed by atoms with Crippen molar-refractivity contribution in [1.29, 1.82) is 0 Å². The molecule has 1 aliphatic heterocycles. The second-order valence-corrected chi connectivity index (χ2v) is 9.76. The van der Waals surface area contributed by atoms with E-state index in [4.69, 9.17) is 23.7 Å². The van der Waals surface area contributed by atoms with Gasteiger partial charge >= 0.3 is 17.9 Å². The van der Waals surface area contributed by atoms with Gasteiger partial charge in [-0.2, -0.15) is 0 Å². The van der Waals surface area contributed by atoms with E-state index in [-0.39, 0.29) is 24.3 Å². The molecule has 2 unspecified atom stereocenters. The van der Waals surface area contributed by atoms with Crippen LogP contribution in [0.4, 0.5) is 0 Å². The summed E-state index contributed by atoms with van der Waals surface area (Å²) >= 11 is 0. The zero-order chi connectivity index (χ0) is 30.0. The lowest BCUT2D eigenvalue weighted by Crippen LogP contribution is -2.62. The molecule has 5 atom stereocenters. The van der Waals surface area contributed by atoms with E-state index < -0.39 is 48.6 Å². The Morgan fingerprint density at radius 3 is 1.53 bits per heavy atom. The van der Waals surface area contributed by atoms with Crippen LogP contribution in [0.1, 0.15) is 36.6 Å². The maximum Gasteiger partial charge on any atom is 0.338 e. The number of carbonyl (C=O) groups excluding carboxylic acids is 3. The van der Waals surface area contributed by atoms with E-state index in [0.29, 0.717) is 5.56 Å². The minimum absolute atomic E-state index is 0.0352. The minimum atomic E-state index is -1.69. The Labute approximate surface area is 248 Å². The Hall–Kier alpha value is -4.83. The van der Waals surface area contributed by atoms with Crippen molar-refractivity contribution < 1.29 is 43.2 Å². The first-order chi connectivity index (χ1) is 21.0. The van der Waals surface area contributed by atoms with E-state index in [2.05, 4.69) is 0 Å². The van der Waals surface area contributed by atoms with Gasteiger partial charge in [-0.15, -0.1) is 0 Å². The number of esters is 3. The molecule has 43 heavy (non-hydrogen) atoms. The summed E-state index contributed by atoms with van der Waals surface area (Å²) < 4.78 is 29.1. The highest BCUT2D eigenvalue weighted by atomic mass is 16.7. The zero-order valence-corrected chi connectivity index (χ0v) is 23.1. The molecular formula is C34H30O9. The van der Waals surface area contributed by atoms with Gasteiger partial charge in [-0.3, -0.25) is 0 Å². The molecule has 0 radical (unpaired) electrons. The van der Waals surface area contributed by atoms with Gasteiger partial charge in [-0.05, 0) is 42.0 Å². The molecule has 0 spiro atoms. The predicted molar refractivity (Wildman–Crippen MR) is 154 cm³/mol. The number of aliphatic hydroxyl groups is 1. The van der Waals surface area contributed by atoms with Gasteiger partial charge in [0, 0.05) is 0 Å². The van der Waals surface area contributed by atoms with E-state index in [0.717, 1.165) is 5.56 Å². The van der Waals surface area contributed by atoms with Gasteiger partial charge in [0.05, 0.1) is 23.3 Å².